The number of hydrogen-bond acceptors (Lipinski definition) is 12. The van der Waals surface area contributed by atoms with E-state index in [1.165, 1.54) is 6.20 Å². The molecule has 5 rings (SSSR count). The summed E-state index contributed by atoms with van der Waals surface area (Å²) in [6.45, 7) is 1.48. The first-order valence-electron chi connectivity index (χ1n) is 14.5. The van der Waals surface area contributed by atoms with E-state index in [1.807, 2.05) is 24.3 Å². The molecule has 46 heavy (non-hydrogen) atoms. The van der Waals surface area contributed by atoms with Gasteiger partial charge in [-0.3, -0.25) is 9.59 Å². The summed E-state index contributed by atoms with van der Waals surface area (Å²) < 4.78 is 31.4. The van der Waals surface area contributed by atoms with Crippen molar-refractivity contribution in [1.29, 1.82) is 0 Å². The number of aromatic nitrogens is 1. The van der Waals surface area contributed by atoms with E-state index in [2.05, 4.69) is 9.72 Å². The Labute approximate surface area is 268 Å². The molecule has 2 N–H and O–H groups in total. The van der Waals surface area contributed by atoms with E-state index in [0.717, 1.165) is 38.5 Å². The quantitative estimate of drug-likeness (QED) is 0.252. The lowest BCUT2D eigenvalue weighted by Crippen LogP contribution is -2.55. The maximum atomic E-state index is 13.6. The van der Waals surface area contributed by atoms with Crippen molar-refractivity contribution < 1.29 is 57.5 Å². The van der Waals surface area contributed by atoms with Crippen LogP contribution in [-0.2, 0) is 53.2 Å². The fourth-order valence-corrected chi connectivity index (χ4v) is 5.74. The van der Waals surface area contributed by atoms with Crippen molar-refractivity contribution in [2.24, 2.45) is 0 Å². The van der Waals surface area contributed by atoms with Gasteiger partial charge in [-0.05, 0) is 42.5 Å². The predicted octanol–water partition coefficient (Wildman–Crippen LogP) is 3.71. The molecule has 0 unspecified atom stereocenters. The van der Waals surface area contributed by atoms with E-state index >= 15 is 0 Å². The first kappa shape index (κ1) is 32.9. The zero-order valence-electron chi connectivity index (χ0n) is 25.2. The number of fused-ring (bicyclic) bond motifs is 1. The molecule has 0 amide bonds. The molecule has 244 valence electrons. The average molecular weight is 658 g/mol. The second-order valence-electron chi connectivity index (χ2n) is 11.1. The second kappa shape index (κ2) is 13.5. The minimum atomic E-state index is -1.65. The van der Waals surface area contributed by atoms with Crippen molar-refractivity contribution in [3.63, 3.8) is 0 Å². The number of rotatable bonds is 9. The Balaban J connectivity index is 1.41. The highest BCUT2D eigenvalue weighted by atomic mass is 35.5. The highest BCUT2D eigenvalue weighted by Crippen LogP contribution is 2.42. The Bertz CT molecular complexity index is 1660. The normalized spacial score (nSPS) is 21.8. The Morgan fingerprint density at radius 2 is 1.72 bits per heavy atom. The maximum Gasteiger partial charge on any atom is 0.344 e. The SMILES string of the molecule is COC(=O)[C@H]1O[C@@H](OC(=O)c2c[nH]c3cc(Cl)c(-c4ccc(C5(O)CCC5)cc4)cc23)[C@H](OC(=O)COC(C)=O)C[C@@H]1OC(C)=O. The molecule has 4 atom stereocenters. The topological polar surface area (TPSA) is 177 Å². The monoisotopic (exact) mass is 657 g/mol. The number of carbonyl (C=O) groups excluding carboxylic acids is 5. The van der Waals surface area contributed by atoms with Crippen LogP contribution in [0.15, 0.2) is 42.6 Å². The standard InChI is InChI=1S/C32H32ClNO12/c1-16(35)42-15-27(37)44-26-13-25(43-17(2)36)28(30(39)41-3)45-31(26)46-29(38)22-14-34-24-12-23(33)20(11-21(22)24)18-5-7-19(8-6-18)32(40)9-4-10-32/h5-8,11-12,14,25-26,28,31,34,40H,4,9-10,13,15H2,1-3H3/t25-,26+,28-,31-/m0/s1. The molecule has 14 heteroatoms. The van der Waals surface area contributed by atoms with Gasteiger partial charge >= 0.3 is 29.8 Å². The molecular weight excluding hydrogens is 626 g/mol. The molecule has 0 bridgehead atoms. The minimum absolute atomic E-state index is 0.0821. The Kier molecular flexibility index (Phi) is 9.66. The van der Waals surface area contributed by atoms with Crippen LogP contribution in [0, 0.1) is 0 Å². The molecule has 2 fully saturated rings. The zero-order chi connectivity index (χ0) is 33.2. The van der Waals surface area contributed by atoms with Crippen LogP contribution in [-0.4, -0.2) is 78.3 Å². The minimum Gasteiger partial charge on any atom is -0.467 e. The van der Waals surface area contributed by atoms with Crippen molar-refractivity contribution in [3.05, 3.63) is 58.7 Å². The molecule has 1 saturated heterocycles. The average Bonchev–Trinajstić information content (AvgIpc) is 3.41. The van der Waals surface area contributed by atoms with Crippen LogP contribution in [0.4, 0.5) is 0 Å². The second-order valence-corrected chi connectivity index (χ2v) is 11.5. The van der Waals surface area contributed by atoms with Gasteiger partial charge in [0.1, 0.15) is 6.10 Å². The predicted molar refractivity (Wildman–Crippen MR) is 159 cm³/mol. The molecule has 1 aromatic heterocycles. The van der Waals surface area contributed by atoms with Crippen LogP contribution in [0.2, 0.25) is 5.02 Å². The van der Waals surface area contributed by atoms with E-state index in [1.54, 1.807) is 12.1 Å². The van der Waals surface area contributed by atoms with E-state index < -0.39 is 66.7 Å². The van der Waals surface area contributed by atoms with Gasteiger partial charge in [-0.15, -0.1) is 0 Å². The molecule has 3 aromatic rings. The molecule has 13 nitrogen and oxygen atoms in total. The number of ether oxygens (including phenoxy) is 6. The Morgan fingerprint density at radius 1 is 1.00 bits per heavy atom. The summed E-state index contributed by atoms with van der Waals surface area (Å²) >= 11 is 6.61. The smallest absolute Gasteiger partial charge is 0.344 e. The number of halogens is 1. The third-order valence-corrected chi connectivity index (χ3v) is 8.25. The van der Waals surface area contributed by atoms with Gasteiger partial charge in [-0.1, -0.05) is 35.9 Å². The number of nitrogens with one attached hydrogen (secondary N) is 1. The number of methoxy groups -OCH3 is 1. The number of carbonyl (C=O) groups is 5. The first-order chi connectivity index (χ1) is 21.9. The number of hydrogen-bond donors (Lipinski definition) is 2. The van der Waals surface area contributed by atoms with Crippen molar-refractivity contribution >= 4 is 52.4 Å². The molecule has 0 spiro atoms. The van der Waals surface area contributed by atoms with E-state index in [-0.39, 0.29) is 12.0 Å². The highest BCUT2D eigenvalue weighted by Gasteiger charge is 2.48. The van der Waals surface area contributed by atoms with Crippen molar-refractivity contribution in [3.8, 4) is 11.1 Å². The van der Waals surface area contributed by atoms with Gasteiger partial charge in [-0.25, -0.2) is 14.4 Å². The molecule has 1 aliphatic heterocycles. The fourth-order valence-electron chi connectivity index (χ4n) is 5.46. The molecule has 2 aromatic carbocycles. The highest BCUT2D eigenvalue weighted by molar-refractivity contribution is 6.34. The van der Waals surface area contributed by atoms with Crippen LogP contribution >= 0.6 is 11.6 Å². The first-order valence-corrected chi connectivity index (χ1v) is 14.8. The summed E-state index contributed by atoms with van der Waals surface area (Å²) in [6.07, 6.45) is -2.29. The maximum absolute atomic E-state index is 13.6. The van der Waals surface area contributed by atoms with Gasteiger partial charge in [0.25, 0.3) is 0 Å². The lowest BCUT2D eigenvalue weighted by atomic mass is 9.75. The van der Waals surface area contributed by atoms with Crippen molar-refractivity contribution in [2.75, 3.05) is 13.7 Å². The molecule has 2 aliphatic rings. The zero-order valence-corrected chi connectivity index (χ0v) is 26.0. The van der Waals surface area contributed by atoms with Gasteiger partial charge in [-0.2, -0.15) is 0 Å². The van der Waals surface area contributed by atoms with Crippen molar-refractivity contribution in [2.45, 2.75) is 69.7 Å². The van der Waals surface area contributed by atoms with Gasteiger partial charge in [0.15, 0.2) is 18.8 Å². The third kappa shape index (κ3) is 7.01. The summed E-state index contributed by atoms with van der Waals surface area (Å²) in [6, 6.07) is 10.8. The van der Waals surface area contributed by atoms with Crippen LogP contribution in [0.5, 0.6) is 0 Å². The number of esters is 5. The summed E-state index contributed by atoms with van der Waals surface area (Å²) in [5.74, 6) is -4.29. The van der Waals surface area contributed by atoms with Gasteiger partial charge in [0.2, 0.25) is 6.29 Å². The summed E-state index contributed by atoms with van der Waals surface area (Å²) in [7, 11) is 1.10. The van der Waals surface area contributed by atoms with Crippen LogP contribution in [0.25, 0.3) is 22.0 Å². The Morgan fingerprint density at radius 3 is 2.33 bits per heavy atom. The largest absolute Gasteiger partial charge is 0.467 e. The molecule has 0 radical (unpaired) electrons. The summed E-state index contributed by atoms with van der Waals surface area (Å²) in [5, 5.41) is 11.6. The number of H-pyrrole nitrogens is 1. The number of aromatic amines is 1. The van der Waals surface area contributed by atoms with E-state index in [0.29, 0.717) is 34.3 Å². The molecule has 1 saturated carbocycles. The molecule has 2 heterocycles. The van der Waals surface area contributed by atoms with Gasteiger partial charge in [0, 0.05) is 42.9 Å². The van der Waals surface area contributed by atoms with E-state index in [9.17, 15) is 29.1 Å². The lowest BCUT2D eigenvalue weighted by Gasteiger charge is -2.38. The number of benzene rings is 2. The number of aliphatic hydroxyl groups is 1. The van der Waals surface area contributed by atoms with Gasteiger partial charge in [0.05, 0.1) is 23.3 Å². The fraction of sp³-hybridized carbons (Fsp3) is 0.406. The summed E-state index contributed by atoms with van der Waals surface area (Å²) in [4.78, 5) is 64.4. The summed E-state index contributed by atoms with van der Waals surface area (Å²) in [5.41, 5.74) is 1.99. The Hall–Kier alpha value is -4.46. The van der Waals surface area contributed by atoms with Gasteiger partial charge < -0.3 is 38.5 Å². The van der Waals surface area contributed by atoms with Crippen LogP contribution < -0.4 is 0 Å². The lowest BCUT2D eigenvalue weighted by molar-refractivity contribution is -0.257. The third-order valence-electron chi connectivity index (χ3n) is 7.94. The van der Waals surface area contributed by atoms with Crippen LogP contribution in [0.3, 0.4) is 0 Å². The molecular formula is C32H32ClNO12. The molecule has 1 aliphatic carbocycles. The van der Waals surface area contributed by atoms with E-state index in [4.69, 9.17) is 35.3 Å². The van der Waals surface area contributed by atoms with Crippen molar-refractivity contribution in [1.82, 2.24) is 4.98 Å². The van der Waals surface area contributed by atoms with Crippen LogP contribution in [0.1, 0.15) is 55.5 Å².